The van der Waals surface area contributed by atoms with Crippen LogP contribution >= 0.6 is 0 Å². The molecule has 1 aromatic carbocycles. The Balaban J connectivity index is 1.96. The summed E-state index contributed by atoms with van der Waals surface area (Å²) in [6, 6.07) is 7.05. The molecule has 1 heterocycles. The van der Waals surface area contributed by atoms with E-state index in [4.69, 9.17) is 0 Å². The van der Waals surface area contributed by atoms with E-state index >= 15 is 0 Å². The molecule has 1 aromatic rings. The van der Waals surface area contributed by atoms with Gasteiger partial charge >= 0.3 is 0 Å². The molecule has 1 aliphatic rings. The van der Waals surface area contributed by atoms with Crippen molar-refractivity contribution in [3.05, 3.63) is 29.8 Å². The number of sulfonamides is 1. The molecule has 20 heavy (non-hydrogen) atoms. The van der Waals surface area contributed by atoms with Gasteiger partial charge in [-0.15, -0.1) is 0 Å². The molecule has 0 radical (unpaired) electrons. The average molecular weight is 296 g/mol. The quantitative estimate of drug-likeness (QED) is 0.904. The second-order valence-electron chi connectivity index (χ2n) is 5.62. The Kier molecular flexibility index (Phi) is 5.18. The van der Waals surface area contributed by atoms with Crippen molar-refractivity contribution in [3.8, 4) is 0 Å². The Morgan fingerprint density at radius 2 is 1.80 bits per heavy atom. The van der Waals surface area contributed by atoms with Gasteiger partial charge in [0.1, 0.15) is 0 Å². The van der Waals surface area contributed by atoms with Crippen LogP contribution in [0, 0.1) is 12.8 Å². The summed E-state index contributed by atoms with van der Waals surface area (Å²) in [4.78, 5) is 0.385. The standard InChI is InChI=1S/C15H24N2O2S/c1-13-3-5-15(6-4-13)20(18,19)17(2)12-9-14-7-10-16-11-8-14/h3-6,14,16H,7-12H2,1-2H3. The van der Waals surface area contributed by atoms with E-state index in [1.165, 1.54) is 4.31 Å². The SMILES string of the molecule is Cc1ccc(S(=O)(=O)N(C)CCC2CCNCC2)cc1. The first-order chi connectivity index (χ1) is 9.50. The van der Waals surface area contributed by atoms with Gasteiger partial charge in [-0.1, -0.05) is 17.7 Å². The summed E-state index contributed by atoms with van der Waals surface area (Å²) in [5.41, 5.74) is 1.07. The average Bonchev–Trinajstić information content (AvgIpc) is 2.46. The van der Waals surface area contributed by atoms with Crippen molar-refractivity contribution < 1.29 is 8.42 Å². The predicted octanol–water partition coefficient (Wildman–Crippen LogP) is 2.01. The molecule has 0 unspecified atom stereocenters. The van der Waals surface area contributed by atoms with E-state index in [1.807, 2.05) is 19.1 Å². The lowest BCUT2D eigenvalue weighted by Crippen LogP contribution is -2.32. The summed E-state index contributed by atoms with van der Waals surface area (Å²) in [7, 11) is -1.66. The van der Waals surface area contributed by atoms with Crippen molar-refractivity contribution in [3.63, 3.8) is 0 Å². The van der Waals surface area contributed by atoms with Gasteiger partial charge in [-0.25, -0.2) is 12.7 Å². The number of nitrogens with zero attached hydrogens (tertiary/aromatic N) is 1. The van der Waals surface area contributed by atoms with Crippen molar-refractivity contribution in [2.24, 2.45) is 5.92 Å². The van der Waals surface area contributed by atoms with Gasteiger partial charge < -0.3 is 5.32 Å². The molecule has 2 rings (SSSR count). The second kappa shape index (κ2) is 6.70. The fourth-order valence-corrected chi connectivity index (χ4v) is 3.73. The lowest BCUT2D eigenvalue weighted by molar-refractivity contribution is 0.326. The van der Waals surface area contributed by atoms with Gasteiger partial charge in [0.05, 0.1) is 4.90 Å². The van der Waals surface area contributed by atoms with Crippen LogP contribution < -0.4 is 5.32 Å². The Morgan fingerprint density at radius 3 is 2.40 bits per heavy atom. The van der Waals surface area contributed by atoms with Gasteiger partial charge in [0, 0.05) is 13.6 Å². The first-order valence-corrected chi connectivity index (χ1v) is 8.68. The molecule has 0 spiro atoms. The molecule has 1 fully saturated rings. The molecule has 0 saturated carbocycles. The molecule has 5 heteroatoms. The van der Waals surface area contributed by atoms with Crippen LogP contribution in [0.15, 0.2) is 29.2 Å². The third-order valence-electron chi connectivity index (χ3n) is 4.04. The summed E-state index contributed by atoms with van der Waals surface area (Å²) in [5.74, 6) is 0.645. The highest BCUT2D eigenvalue weighted by atomic mass is 32.2. The van der Waals surface area contributed by atoms with Crippen LogP contribution in [0.5, 0.6) is 0 Å². The molecule has 0 aromatic heterocycles. The first kappa shape index (κ1) is 15.5. The lowest BCUT2D eigenvalue weighted by atomic mass is 9.95. The van der Waals surface area contributed by atoms with Gasteiger partial charge in [0.15, 0.2) is 0 Å². The normalized spacial score (nSPS) is 17.6. The number of hydrogen-bond acceptors (Lipinski definition) is 3. The van der Waals surface area contributed by atoms with Crippen LogP contribution in [-0.2, 0) is 10.0 Å². The maximum Gasteiger partial charge on any atom is 0.242 e. The highest BCUT2D eigenvalue weighted by Gasteiger charge is 2.22. The summed E-state index contributed by atoms with van der Waals surface area (Å²) in [6.07, 6.45) is 3.25. The summed E-state index contributed by atoms with van der Waals surface area (Å²) < 4.78 is 26.3. The fourth-order valence-electron chi connectivity index (χ4n) is 2.55. The van der Waals surface area contributed by atoms with E-state index in [0.717, 1.165) is 37.9 Å². The predicted molar refractivity (Wildman–Crippen MR) is 81.2 cm³/mol. The molecule has 1 aliphatic heterocycles. The Hall–Kier alpha value is -0.910. The Labute approximate surface area is 122 Å². The van der Waals surface area contributed by atoms with E-state index in [0.29, 0.717) is 17.4 Å². The van der Waals surface area contributed by atoms with Gasteiger partial charge in [0.25, 0.3) is 0 Å². The Morgan fingerprint density at radius 1 is 1.20 bits per heavy atom. The van der Waals surface area contributed by atoms with E-state index in [9.17, 15) is 8.42 Å². The number of piperidine rings is 1. The monoisotopic (exact) mass is 296 g/mol. The van der Waals surface area contributed by atoms with E-state index in [2.05, 4.69) is 5.32 Å². The summed E-state index contributed by atoms with van der Waals surface area (Å²) in [5, 5.41) is 3.33. The highest BCUT2D eigenvalue weighted by molar-refractivity contribution is 7.89. The molecular weight excluding hydrogens is 272 g/mol. The minimum Gasteiger partial charge on any atom is -0.317 e. The van der Waals surface area contributed by atoms with Crippen molar-refractivity contribution in [2.45, 2.75) is 31.1 Å². The molecule has 0 atom stereocenters. The summed E-state index contributed by atoms with van der Waals surface area (Å²) in [6.45, 7) is 4.66. The third kappa shape index (κ3) is 3.81. The van der Waals surface area contributed by atoms with Crippen LogP contribution in [0.25, 0.3) is 0 Å². The van der Waals surface area contributed by atoms with Crippen LogP contribution in [0.4, 0.5) is 0 Å². The molecule has 0 bridgehead atoms. The minimum absolute atomic E-state index is 0.385. The van der Waals surface area contributed by atoms with Gasteiger partial charge in [-0.2, -0.15) is 0 Å². The highest BCUT2D eigenvalue weighted by Crippen LogP contribution is 2.19. The van der Waals surface area contributed by atoms with Crippen molar-refractivity contribution in [1.82, 2.24) is 9.62 Å². The number of nitrogens with one attached hydrogen (secondary N) is 1. The largest absolute Gasteiger partial charge is 0.317 e. The van der Waals surface area contributed by atoms with E-state index < -0.39 is 10.0 Å². The third-order valence-corrected chi connectivity index (χ3v) is 5.91. The number of benzene rings is 1. The van der Waals surface area contributed by atoms with Gasteiger partial charge in [-0.05, 0) is 57.3 Å². The number of hydrogen-bond donors (Lipinski definition) is 1. The van der Waals surface area contributed by atoms with E-state index in [1.54, 1.807) is 19.2 Å². The zero-order valence-electron chi connectivity index (χ0n) is 12.3. The molecule has 0 amide bonds. The fraction of sp³-hybridized carbons (Fsp3) is 0.600. The van der Waals surface area contributed by atoms with Gasteiger partial charge in [-0.3, -0.25) is 0 Å². The number of aryl methyl sites for hydroxylation is 1. The topological polar surface area (TPSA) is 49.4 Å². The maximum absolute atomic E-state index is 12.4. The molecule has 1 N–H and O–H groups in total. The van der Waals surface area contributed by atoms with Crippen LogP contribution in [0.3, 0.4) is 0 Å². The zero-order chi connectivity index (χ0) is 14.6. The minimum atomic E-state index is -3.34. The first-order valence-electron chi connectivity index (χ1n) is 7.24. The van der Waals surface area contributed by atoms with Gasteiger partial charge in [0.2, 0.25) is 10.0 Å². The molecular formula is C15H24N2O2S. The maximum atomic E-state index is 12.4. The molecule has 1 saturated heterocycles. The molecule has 4 nitrogen and oxygen atoms in total. The lowest BCUT2D eigenvalue weighted by Gasteiger charge is -2.25. The molecule has 0 aliphatic carbocycles. The Bertz CT molecular complexity index is 519. The zero-order valence-corrected chi connectivity index (χ0v) is 13.1. The summed E-state index contributed by atoms with van der Waals surface area (Å²) >= 11 is 0. The van der Waals surface area contributed by atoms with Crippen LogP contribution in [0.1, 0.15) is 24.8 Å². The number of rotatable bonds is 5. The van der Waals surface area contributed by atoms with Crippen molar-refractivity contribution in [2.75, 3.05) is 26.7 Å². The van der Waals surface area contributed by atoms with E-state index in [-0.39, 0.29) is 0 Å². The molecule has 112 valence electrons. The van der Waals surface area contributed by atoms with Crippen molar-refractivity contribution in [1.29, 1.82) is 0 Å². The van der Waals surface area contributed by atoms with Crippen LogP contribution in [-0.4, -0.2) is 39.4 Å². The van der Waals surface area contributed by atoms with Crippen LogP contribution in [0.2, 0.25) is 0 Å². The van der Waals surface area contributed by atoms with Crippen molar-refractivity contribution >= 4 is 10.0 Å². The smallest absolute Gasteiger partial charge is 0.242 e. The second-order valence-corrected chi connectivity index (χ2v) is 7.67.